The largest absolute Gasteiger partial charge is 0.373 e. The molecule has 10 heavy (non-hydrogen) atoms. The Labute approximate surface area is 67.5 Å². The third-order valence-electron chi connectivity index (χ3n) is 2.59. The minimum atomic E-state index is 0. The number of hydrogen-bond donors (Lipinski definition) is 1. The maximum atomic E-state index is 5.96. The highest BCUT2D eigenvalue weighted by molar-refractivity contribution is 5.85. The van der Waals surface area contributed by atoms with Gasteiger partial charge in [-0.3, -0.25) is 0 Å². The average molecular weight is 164 g/mol. The number of halogens is 1. The fourth-order valence-electron chi connectivity index (χ4n) is 2.00. The molecule has 2 bridgehead atoms. The Balaban J connectivity index is 0.000000500. The number of ether oxygens (including phenoxy) is 1. The molecule has 0 aromatic heterocycles. The third-order valence-corrected chi connectivity index (χ3v) is 2.59. The quantitative estimate of drug-likeness (QED) is 0.580. The van der Waals surface area contributed by atoms with Crippen molar-refractivity contribution in [2.45, 2.75) is 37.3 Å². The number of hydrogen-bond acceptors (Lipinski definition) is 2. The van der Waals surface area contributed by atoms with Crippen LogP contribution in [0.3, 0.4) is 0 Å². The summed E-state index contributed by atoms with van der Waals surface area (Å²) < 4.78 is 5.52. The molecule has 2 aliphatic rings. The number of fused-ring (bicyclic) bond motifs is 2. The van der Waals surface area contributed by atoms with Gasteiger partial charge in [-0.1, -0.05) is 0 Å². The SMILES string of the molecule is C[C@]12CC[C@](N)(CO1)C2.Cl. The van der Waals surface area contributed by atoms with Gasteiger partial charge in [-0.2, -0.15) is 0 Å². The van der Waals surface area contributed by atoms with Crippen LogP contribution in [-0.4, -0.2) is 17.7 Å². The first kappa shape index (κ1) is 8.31. The Hall–Kier alpha value is 0.210. The van der Waals surface area contributed by atoms with Crippen LogP contribution in [0, 0.1) is 0 Å². The Morgan fingerprint density at radius 2 is 2.10 bits per heavy atom. The summed E-state index contributed by atoms with van der Waals surface area (Å²) in [6.07, 6.45) is 3.38. The van der Waals surface area contributed by atoms with Crippen molar-refractivity contribution in [3.8, 4) is 0 Å². The van der Waals surface area contributed by atoms with E-state index in [1.165, 1.54) is 0 Å². The van der Waals surface area contributed by atoms with Crippen LogP contribution < -0.4 is 5.73 Å². The Morgan fingerprint density at radius 1 is 1.40 bits per heavy atom. The first-order valence-electron chi connectivity index (χ1n) is 3.55. The molecule has 0 radical (unpaired) electrons. The summed E-state index contributed by atoms with van der Waals surface area (Å²) in [5, 5.41) is 0. The lowest BCUT2D eigenvalue weighted by Gasteiger charge is -2.22. The molecular formula is C7H14ClNO. The van der Waals surface area contributed by atoms with Gasteiger partial charge in [0.2, 0.25) is 0 Å². The normalized spacial score (nSPS) is 51.0. The minimum Gasteiger partial charge on any atom is -0.373 e. The van der Waals surface area contributed by atoms with Crippen LogP contribution in [0.2, 0.25) is 0 Å². The monoisotopic (exact) mass is 163 g/mol. The highest BCUT2D eigenvalue weighted by Gasteiger charge is 2.50. The molecule has 2 nitrogen and oxygen atoms in total. The summed E-state index contributed by atoms with van der Waals surface area (Å²) in [4.78, 5) is 0. The maximum Gasteiger partial charge on any atom is 0.0674 e. The molecule has 0 aromatic carbocycles. The zero-order valence-electron chi connectivity index (χ0n) is 6.22. The second-order valence-corrected chi connectivity index (χ2v) is 3.78. The summed E-state index contributed by atoms with van der Waals surface area (Å²) in [5.74, 6) is 0. The van der Waals surface area contributed by atoms with E-state index >= 15 is 0 Å². The highest BCUT2D eigenvalue weighted by atomic mass is 35.5. The van der Waals surface area contributed by atoms with Crippen LogP contribution in [0.1, 0.15) is 26.2 Å². The first-order valence-corrected chi connectivity index (χ1v) is 3.55. The van der Waals surface area contributed by atoms with E-state index in [1.807, 2.05) is 0 Å². The molecule has 1 saturated heterocycles. The van der Waals surface area contributed by atoms with Crippen molar-refractivity contribution in [3.63, 3.8) is 0 Å². The van der Waals surface area contributed by atoms with Crippen molar-refractivity contribution >= 4 is 12.4 Å². The summed E-state index contributed by atoms with van der Waals surface area (Å²) in [5.41, 5.74) is 6.16. The van der Waals surface area contributed by atoms with Crippen molar-refractivity contribution in [3.05, 3.63) is 0 Å². The molecule has 2 rings (SSSR count). The van der Waals surface area contributed by atoms with Gasteiger partial charge < -0.3 is 10.5 Å². The molecule has 2 N–H and O–H groups in total. The molecule has 1 aliphatic heterocycles. The number of nitrogens with two attached hydrogens (primary N) is 1. The van der Waals surface area contributed by atoms with Gasteiger partial charge >= 0.3 is 0 Å². The smallest absolute Gasteiger partial charge is 0.0674 e. The van der Waals surface area contributed by atoms with E-state index < -0.39 is 0 Å². The van der Waals surface area contributed by atoms with Crippen LogP contribution in [0.4, 0.5) is 0 Å². The second kappa shape index (κ2) is 2.10. The summed E-state index contributed by atoms with van der Waals surface area (Å²) in [6, 6.07) is 0. The van der Waals surface area contributed by atoms with Crippen LogP contribution in [0.5, 0.6) is 0 Å². The molecule has 0 spiro atoms. The topological polar surface area (TPSA) is 35.2 Å². The Kier molecular flexibility index (Phi) is 1.74. The van der Waals surface area contributed by atoms with E-state index in [-0.39, 0.29) is 23.5 Å². The summed E-state index contributed by atoms with van der Waals surface area (Å²) >= 11 is 0. The third kappa shape index (κ3) is 1.04. The van der Waals surface area contributed by atoms with E-state index in [2.05, 4.69) is 6.92 Å². The van der Waals surface area contributed by atoms with E-state index in [1.54, 1.807) is 0 Å². The predicted octanol–water partition coefficient (Wildman–Crippen LogP) is 1.08. The maximum absolute atomic E-state index is 5.96. The lowest BCUT2D eigenvalue weighted by atomic mass is 10.0. The highest BCUT2D eigenvalue weighted by Crippen LogP contribution is 2.44. The van der Waals surface area contributed by atoms with Crippen molar-refractivity contribution in [1.82, 2.24) is 0 Å². The Bertz CT molecular complexity index is 125. The molecule has 0 amide bonds. The fraction of sp³-hybridized carbons (Fsp3) is 1.00. The molecule has 1 heterocycles. The van der Waals surface area contributed by atoms with Crippen molar-refractivity contribution in [2.24, 2.45) is 5.73 Å². The molecular weight excluding hydrogens is 150 g/mol. The molecule has 2 atom stereocenters. The van der Waals surface area contributed by atoms with Crippen LogP contribution >= 0.6 is 12.4 Å². The van der Waals surface area contributed by atoms with Gasteiger partial charge in [0.25, 0.3) is 0 Å². The van der Waals surface area contributed by atoms with Crippen LogP contribution in [0.15, 0.2) is 0 Å². The van der Waals surface area contributed by atoms with E-state index in [4.69, 9.17) is 10.5 Å². The summed E-state index contributed by atoms with van der Waals surface area (Å²) in [7, 11) is 0. The molecule has 0 unspecified atom stereocenters. The molecule has 1 aliphatic carbocycles. The van der Waals surface area contributed by atoms with Gasteiger partial charge in [-0.05, 0) is 26.2 Å². The molecule has 0 aromatic rings. The second-order valence-electron chi connectivity index (χ2n) is 3.78. The van der Waals surface area contributed by atoms with Gasteiger partial charge in [0, 0.05) is 5.54 Å². The lowest BCUT2D eigenvalue weighted by Crippen LogP contribution is -2.38. The van der Waals surface area contributed by atoms with Crippen LogP contribution in [0.25, 0.3) is 0 Å². The van der Waals surface area contributed by atoms with Gasteiger partial charge in [0.1, 0.15) is 0 Å². The molecule has 1 saturated carbocycles. The van der Waals surface area contributed by atoms with Crippen LogP contribution in [-0.2, 0) is 4.74 Å². The predicted molar refractivity (Wildman–Crippen MR) is 42.4 cm³/mol. The average Bonchev–Trinajstić information content (AvgIpc) is 2.19. The van der Waals surface area contributed by atoms with Crippen molar-refractivity contribution in [1.29, 1.82) is 0 Å². The van der Waals surface area contributed by atoms with Gasteiger partial charge in [-0.25, -0.2) is 0 Å². The molecule has 3 heteroatoms. The lowest BCUT2D eigenvalue weighted by molar-refractivity contribution is -0.00509. The molecule has 2 fully saturated rings. The van der Waals surface area contributed by atoms with Gasteiger partial charge in [0.15, 0.2) is 0 Å². The van der Waals surface area contributed by atoms with Gasteiger partial charge in [0.05, 0.1) is 12.2 Å². The fourth-order valence-corrected chi connectivity index (χ4v) is 2.00. The zero-order valence-corrected chi connectivity index (χ0v) is 7.04. The van der Waals surface area contributed by atoms with E-state index in [0.29, 0.717) is 0 Å². The van der Waals surface area contributed by atoms with Crippen molar-refractivity contribution in [2.75, 3.05) is 6.61 Å². The number of rotatable bonds is 0. The molecule has 60 valence electrons. The summed E-state index contributed by atoms with van der Waals surface area (Å²) in [6.45, 7) is 2.94. The standard InChI is InChI=1S/C7H13NO.ClH/c1-6-2-3-7(8,4-6)5-9-6;/h2-5,8H2,1H3;1H/t6-,7-;/m1./s1. The van der Waals surface area contributed by atoms with Gasteiger partial charge in [-0.15, -0.1) is 12.4 Å². The minimum absolute atomic E-state index is 0. The zero-order chi connectivity index (χ0) is 6.54. The van der Waals surface area contributed by atoms with E-state index in [0.717, 1.165) is 25.9 Å². The van der Waals surface area contributed by atoms with Crippen molar-refractivity contribution < 1.29 is 4.74 Å². The first-order chi connectivity index (χ1) is 4.12. The van der Waals surface area contributed by atoms with E-state index in [9.17, 15) is 0 Å². The Morgan fingerprint density at radius 3 is 2.20 bits per heavy atom.